The number of benzene rings is 2. The first-order valence-electron chi connectivity index (χ1n) is 13.3. The number of hydrogen-bond donors (Lipinski definition) is 4. The average Bonchev–Trinajstić information content (AvgIpc) is 2.92. The maximum Gasteiger partial charge on any atom is 0.490 e. The van der Waals surface area contributed by atoms with Gasteiger partial charge in [0.1, 0.15) is 12.4 Å². The Morgan fingerprint density at radius 1 is 0.955 bits per heavy atom. The van der Waals surface area contributed by atoms with E-state index in [9.17, 15) is 26.3 Å². The van der Waals surface area contributed by atoms with Gasteiger partial charge in [0.05, 0.1) is 0 Å². The maximum absolute atomic E-state index is 10.6. The van der Waals surface area contributed by atoms with Gasteiger partial charge in [-0.25, -0.2) is 9.59 Å². The van der Waals surface area contributed by atoms with E-state index in [-0.39, 0.29) is 5.41 Å². The van der Waals surface area contributed by atoms with Crippen LogP contribution in [0.3, 0.4) is 0 Å². The molecule has 0 atom stereocenters. The number of ether oxygens (including phenoxy) is 1. The predicted octanol–water partition coefficient (Wildman–Crippen LogP) is 6.32. The topological polar surface area (TPSA) is 137 Å². The Kier molecular flexibility index (Phi) is 16.3. The van der Waals surface area contributed by atoms with E-state index in [1.165, 1.54) is 11.1 Å². The van der Waals surface area contributed by atoms with E-state index in [1.807, 2.05) is 36.4 Å². The number of carbonyl (C=O) groups is 2. The van der Waals surface area contributed by atoms with Gasteiger partial charge in [0.25, 0.3) is 0 Å². The van der Waals surface area contributed by atoms with E-state index < -0.39 is 24.3 Å². The van der Waals surface area contributed by atoms with Crippen molar-refractivity contribution in [1.29, 1.82) is 0 Å². The number of anilines is 1. The number of guanidine groups is 1. The highest BCUT2D eigenvalue weighted by Crippen LogP contribution is 2.20. The van der Waals surface area contributed by atoms with Crippen LogP contribution < -0.4 is 15.8 Å². The lowest BCUT2D eigenvalue weighted by Crippen LogP contribution is -2.42. The summed E-state index contributed by atoms with van der Waals surface area (Å²) in [6.07, 6.45) is -10.2. The standard InChI is InChI=1S/C25H38N4O.2C2HF3O2/c1-7-29(19(2)3)24(27-18-25(5,6)17-26)28-22-12-14-23(15-13-22)30-16-21-11-9-8-10-20(21)4;2*3-2(4,5)1(6)7/h8-15,19H,7,16-18,26H2,1-6H3,(H,27,28);2*(H,6,7). The summed E-state index contributed by atoms with van der Waals surface area (Å²) < 4.78 is 69.4. The van der Waals surface area contributed by atoms with E-state index in [0.29, 0.717) is 25.7 Å². The maximum atomic E-state index is 10.6. The monoisotopic (exact) mass is 638 g/mol. The van der Waals surface area contributed by atoms with Crippen molar-refractivity contribution in [3.05, 3.63) is 59.7 Å². The van der Waals surface area contributed by atoms with Crippen LogP contribution in [0.1, 0.15) is 45.7 Å². The van der Waals surface area contributed by atoms with Crippen molar-refractivity contribution in [1.82, 2.24) is 4.90 Å². The van der Waals surface area contributed by atoms with Gasteiger partial charge in [-0.1, -0.05) is 38.1 Å². The van der Waals surface area contributed by atoms with E-state index in [4.69, 9.17) is 35.3 Å². The number of hydrogen-bond acceptors (Lipinski definition) is 5. The SMILES string of the molecule is CCN(C(=NCC(C)(C)CN)Nc1ccc(OCc2ccccc2C)cc1)C(C)C.O=C(O)C(F)(F)F.O=C(O)C(F)(F)F. The Morgan fingerprint density at radius 2 is 1.43 bits per heavy atom. The third kappa shape index (κ3) is 16.0. The molecule has 2 aromatic rings. The molecule has 0 amide bonds. The summed E-state index contributed by atoms with van der Waals surface area (Å²) in [6.45, 7) is 15.6. The lowest BCUT2D eigenvalue weighted by atomic mass is 9.94. The van der Waals surface area contributed by atoms with Gasteiger partial charge in [-0.3, -0.25) is 4.99 Å². The summed E-state index contributed by atoms with van der Waals surface area (Å²) in [5.74, 6) is -3.79. The highest BCUT2D eigenvalue weighted by molar-refractivity contribution is 5.94. The van der Waals surface area contributed by atoms with Crippen molar-refractivity contribution in [2.75, 3.05) is 25.0 Å². The Morgan fingerprint density at radius 3 is 1.82 bits per heavy atom. The number of carboxylic acids is 2. The summed E-state index contributed by atoms with van der Waals surface area (Å²) >= 11 is 0. The quantitative estimate of drug-likeness (QED) is 0.142. The number of aliphatic carboxylic acids is 2. The molecule has 0 fully saturated rings. The number of aliphatic imine (C=N–C) groups is 1. The van der Waals surface area contributed by atoms with Crippen LogP contribution >= 0.6 is 0 Å². The van der Waals surface area contributed by atoms with Crippen LogP contribution in [0.4, 0.5) is 32.0 Å². The smallest absolute Gasteiger partial charge is 0.489 e. The molecule has 0 aliphatic rings. The van der Waals surface area contributed by atoms with Crippen molar-refractivity contribution >= 4 is 23.6 Å². The fourth-order valence-electron chi connectivity index (χ4n) is 3.01. The summed E-state index contributed by atoms with van der Waals surface area (Å²) in [5, 5.41) is 17.7. The van der Waals surface area contributed by atoms with Crippen LogP contribution in [0.25, 0.3) is 0 Å². The van der Waals surface area contributed by atoms with Gasteiger partial charge in [-0.15, -0.1) is 0 Å². The van der Waals surface area contributed by atoms with Crippen LogP contribution in [0.15, 0.2) is 53.5 Å². The molecule has 9 nitrogen and oxygen atoms in total. The third-order valence-electron chi connectivity index (χ3n) is 5.70. The number of nitrogens with zero attached hydrogens (tertiary/aromatic N) is 2. The molecule has 2 aromatic carbocycles. The summed E-state index contributed by atoms with van der Waals surface area (Å²) in [5.41, 5.74) is 9.29. The van der Waals surface area contributed by atoms with Crippen molar-refractivity contribution in [2.45, 2.75) is 66.5 Å². The second-order valence-corrected chi connectivity index (χ2v) is 10.4. The van der Waals surface area contributed by atoms with Gasteiger partial charge in [0.15, 0.2) is 5.96 Å². The molecule has 44 heavy (non-hydrogen) atoms. The van der Waals surface area contributed by atoms with Crippen LogP contribution in [0.2, 0.25) is 0 Å². The largest absolute Gasteiger partial charge is 0.490 e. The molecule has 0 heterocycles. The van der Waals surface area contributed by atoms with Gasteiger partial charge in [-0.05, 0) is 75.0 Å². The number of alkyl halides is 6. The van der Waals surface area contributed by atoms with Crippen LogP contribution in [0.5, 0.6) is 5.75 Å². The zero-order valence-corrected chi connectivity index (χ0v) is 25.4. The Bertz CT molecular complexity index is 1180. The molecular formula is C29H40F6N4O5. The molecule has 15 heteroatoms. The first-order valence-corrected chi connectivity index (χ1v) is 13.3. The van der Waals surface area contributed by atoms with E-state index in [0.717, 1.165) is 23.9 Å². The van der Waals surface area contributed by atoms with Crippen molar-refractivity contribution < 1.29 is 50.9 Å². The molecule has 0 radical (unpaired) electrons. The molecule has 0 aliphatic heterocycles. The molecule has 0 saturated heterocycles. The third-order valence-corrected chi connectivity index (χ3v) is 5.70. The minimum atomic E-state index is -5.08. The number of halogens is 6. The molecule has 5 N–H and O–H groups in total. The van der Waals surface area contributed by atoms with E-state index in [1.54, 1.807) is 0 Å². The van der Waals surface area contributed by atoms with Crippen molar-refractivity contribution in [2.24, 2.45) is 16.1 Å². The Hall–Kier alpha value is -4.01. The number of rotatable bonds is 9. The molecular weight excluding hydrogens is 598 g/mol. The number of nitrogens with two attached hydrogens (primary N) is 1. The Labute approximate surface area is 252 Å². The molecule has 0 bridgehead atoms. The van der Waals surface area contributed by atoms with E-state index in [2.05, 4.69) is 63.9 Å². The van der Waals surface area contributed by atoms with Crippen LogP contribution in [0, 0.1) is 12.3 Å². The summed E-state index contributed by atoms with van der Waals surface area (Å²) in [4.78, 5) is 24.9. The minimum absolute atomic E-state index is 0.0312. The predicted molar refractivity (Wildman–Crippen MR) is 156 cm³/mol. The number of aryl methyl sites for hydroxylation is 1. The highest BCUT2D eigenvalue weighted by atomic mass is 19.4. The molecule has 0 aliphatic carbocycles. The van der Waals surface area contributed by atoms with Crippen LogP contribution in [-0.4, -0.2) is 71.0 Å². The second kappa shape index (κ2) is 18.0. The molecule has 0 aromatic heterocycles. The second-order valence-electron chi connectivity index (χ2n) is 10.4. The molecule has 0 unspecified atom stereocenters. The average molecular weight is 639 g/mol. The number of carboxylic acid groups (broad SMARTS) is 2. The molecule has 2 rings (SSSR count). The Balaban J connectivity index is 0.00000109. The minimum Gasteiger partial charge on any atom is -0.489 e. The normalized spacial score (nSPS) is 11.9. The van der Waals surface area contributed by atoms with Gasteiger partial charge in [0, 0.05) is 24.8 Å². The zero-order valence-electron chi connectivity index (χ0n) is 25.4. The van der Waals surface area contributed by atoms with Gasteiger partial charge in [0.2, 0.25) is 0 Å². The van der Waals surface area contributed by atoms with Crippen molar-refractivity contribution in [3.63, 3.8) is 0 Å². The summed E-state index contributed by atoms with van der Waals surface area (Å²) in [7, 11) is 0. The lowest BCUT2D eigenvalue weighted by Gasteiger charge is -2.30. The number of nitrogens with one attached hydrogen (secondary N) is 1. The lowest BCUT2D eigenvalue weighted by molar-refractivity contribution is -0.193. The fourth-order valence-corrected chi connectivity index (χ4v) is 3.01. The van der Waals surface area contributed by atoms with Gasteiger partial charge in [-0.2, -0.15) is 26.3 Å². The van der Waals surface area contributed by atoms with Gasteiger partial charge >= 0.3 is 24.3 Å². The van der Waals surface area contributed by atoms with Crippen molar-refractivity contribution in [3.8, 4) is 5.75 Å². The molecule has 0 saturated carbocycles. The molecule has 0 spiro atoms. The highest BCUT2D eigenvalue weighted by Gasteiger charge is 2.38. The van der Waals surface area contributed by atoms with E-state index >= 15 is 0 Å². The molecule has 248 valence electrons. The van der Waals surface area contributed by atoms with Gasteiger partial charge < -0.3 is 30.9 Å². The first-order chi connectivity index (χ1) is 20.1. The zero-order chi connectivity index (χ0) is 34.3. The van der Waals surface area contributed by atoms with Crippen LogP contribution in [-0.2, 0) is 16.2 Å². The first kappa shape index (κ1) is 40.0. The fraction of sp³-hybridized carbons (Fsp3) is 0.483. The summed E-state index contributed by atoms with van der Waals surface area (Å²) in [6, 6.07) is 16.7.